The Balaban J connectivity index is 2.37. The van der Waals surface area contributed by atoms with Crippen molar-refractivity contribution in [3.8, 4) is 5.75 Å². The van der Waals surface area contributed by atoms with E-state index in [1.54, 1.807) is 0 Å². The van der Waals surface area contributed by atoms with E-state index in [4.69, 9.17) is 0 Å². The Bertz CT molecular complexity index is 431. The number of phenols is 1. The molecule has 0 aliphatic carbocycles. The molecule has 0 bridgehead atoms. The summed E-state index contributed by atoms with van der Waals surface area (Å²) in [7, 11) is 0. The van der Waals surface area contributed by atoms with Gasteiger partial charge in [-0.05, 0) is 54.3 Å². The summed E-state index contributed by atoms with van der Waals surface area (Å²) >= 11 is 0. The zero-order valence-corrected chi connectivity index (χ0v) is 12.7. The smallest absolute Gasteiger partial charge is 0.122 e. The van der Waals surface area contributed by atoms with Crippen LogP contribution in [0.25, 0.3) is 0 Å². The number of benzene rings is 1. The Kier molecular flexibility index (Phi) is 4.51. The van der Waals surface area contributed by atoms with Gasteiger partial charge in [-0.25, -0.2) is 0 Å². The molecule has 0 radical (unpaired) electrons. The predicted octanol–water partition coefficient (Wildman–Crippen LogP) is 3.93. The molecule has 1 unspecified atom stereocenters. The zero-order chi connectivity index (χ0) is 14.0. The molecule has 0 amide bonds. The second kappa shape index (κ2) is 5.96. The largest absolute Gasteiger partial charge is 0.507 e. The number of phenolic OH excluding ortho intramolecular Hbond substituents is 1. The van der Waals surface area contributed by atoms with Crippen LogP contribution in [-0.2, 0) is 6.42 Å². The minimum Gasteiger partial charge on any atom is -0.507 e. The van der Waals surface area contributed by atoms with Gasteiger partial charge in [-0.2, -0.15) is 0 Å². The van der Waals surface area contributed by atoms with Gasteiger partial charge in [0.2, 0.25) is 0 Å². The van der Waals surface area contributed by atoms with Gasteiger partial charge in [0, 0.05) is 6.04 Å². The number of aromatic hydroxyl groups is 1. The first-order chi connectivity index (χ1) is 9.00. The average Bonchev–Trinajstić information content (AvgIpc) is 2.83. The zero-order valence-electron chi connectivity index (χ0n) is 12.7. The molecule has 2 nitrogen and oxygen atoms in total. The third-order valence-corrected chi connectivity index (χ3v) is 4.21. The number of rotatable bonds is 4. The lowest BCUT2D eigenvalue weighted by Gasteiger charge is -2.21. The molecule has 106 valence electrons. The molecule has 0 aromatic heterocycles. The molecule has 1 heterocycles. The normalized spacial score (nSPS) is 19.6. The Labute approximate surface area is 117 Å². The maximum absolute atomic E-state index is 10.6. The molecule has 2 rings (SSSR count). The lowest BCUT2D eigenvalue weighted by Crippen LogP contribution is -2.24. The molecule has 1 fully saturated rings. The SMILES string of the molecule is CC(C)c1ccc(C(C)C)c(CC2CCCN2)c1O. The molecule has 1 saturated heterocycles. The third-order valence-electron chi connectivity index (χ3n) is 4.21. The summed E-state index contributed by atoms with van der Waals surface area (Å²) in [6.07, 6.45) is 3.44. The van der Waals surface area contributed by atoms with Crippen molar-refractivity contribution in [2.24, 2.45) is 0 Å². The van der Waals surface area contributed by atoms with Crippen LogP contribution in [0.3, 0.4) is 0 Å². The lowest BCUT2D eigenvalue weighted by molar-refractivity contribution is 0.450. The van der Waals surface area contributed by atoms with E-state index in [0.717, 1.165) is 18.5 Å². The summed E-state index contributed by atoms with van der Waals surface area (Å²) in [5.74, 6) is 1.37. The minimum atomic E-state index is 0.372. The second-order valence-electron chi connectivity index (χ2n) is 6.38. The molecule has 19 heavy (non-hydrogen) atoms. The highest BCUT2D eigenvalue weighted by atomic mass is 16.3. The third kappa shape index (κ3) is 3.11. The van der Waals surface area contributed by atoms with Gasteiger partial charge < -0.3 is 10.4 Å². The minimum absolute atomic E-state index is 0.372. The molecular formula is C17H27NO. The molecule has 1 aromatic rings. The highest BCUT2D eigenvalue weighted by Gasteiger charge is 2.21. The first-order valence-electron chi connectivity index (χ1n) is 7.58. The molecule has 1 atom stereocenters. The van der Waals surface area contributed by atoms with E-state index in [1.807, 2.05) is 0 Å². The van der Waals surface area contributed by atoms with Crippen LogP contribution >= 0.6 is 0 Å². The Hall–Kier alpha value is -1.02. The fourth-order valence-electron chi connectivity index (χ4n) is 3.07. The van der Waals surface area contributed by atoms with Crippen LogP contribution in [-0.4, -0.2) is 17.7 Å². The van der Waals surface area contributed by atoms with Crippen molar-refractivity contribution in [1.82, 2.24) is 5.32 Å². The molecule has 2 heteroatoms. The van der Waals surface area contributed by atoms with E-state index in [2.05, 4.69) is 45.1 Å². The van der Waals surface area contributed by atoms with Crippen LogP contribution in [0.1, 0.15) is 69.1 Å². The Morgan fingerprint density at radius 1 is 1.16 bits per heavy atom. The van der Waals surface area contributed by atoms with Crippen LogP contribution in [0.4, 0.5) is 0 Å². The Morgan fingerprint density at radius 2 is 1.79 bits per heavy atom. The van der Waals surface area contributed by atoms with Gasteiger partial charge >= 0.3 is 0 Å². The fraction of sp³-hybridized carbons (Fsp3) is 0.647. The van der Waals surface area contributed by atoms with Crippen molar-refractivity contribution >= 4 is 0 Å². The summed E-state index contributed by atoms with van der Waals surface area (Å²) in [6.45, 7) is 9.81. The molecule has 0 saturated carbocycles. The van der Waals surface area contributed by atoms with Gasteiger partial charge in [-0.15, -0.1) is 0 Å². The quantitative estimate of drug-likeness (QED) is 0.860. The highest BCUT2D eigenvalue weighted by molar-refractivity contribution is 5.48. The van der Waals surface area contributed by atoms with Crippen molar-refractivity contribution in [1.29, 1.82) is 0 Å². The predicted molar refractivity (Wildman–Crippen MR) is 81.0 cm³/mol. The molecule has 0 spiro atoms. The van der Waals surface area contributed by atoms with Gasteiger partial charge in [0.25, 0.3) is 0 Å². The van der Waals surface area contributed by atoms with Crippen molar-refractivity contribution in [2.45, 2.75) is 64.8 Å². The van der Waals surface area contributed by atoms with Crippen molar-refractivity contribution < 1.29 is 5.11 Å². The van der Waals surface area contributed by atoms with Crippen LogP contribution in [0, 0.1) is 0 Å². The Morgan fingerprint density at radius 3 is 2.32 bits per heavy atom. The maximum Gasteiger partial charge on any atom is 0.122 e. The van der Waals surface area contributed by atoms with Crippen LogP contribution in [0.5, 0.6) is 5.75 Å². The van der Waals surface area contributed by atoms with Crippen molar-refractivity contribution in [2.75, 3.05) is 6.54 Å². The molecule has 1 aliphatic rings. The van der Waals surface area contributed by atoms with E-state index in [-0.39, 0.29) is 0 Å². The van der Waals surface area contributed by atoms with E-state index in [0.29, 0.717) is 23.6 Å². The van der Waals surface area contributed by atoms with E-state index >= 15 is 0 Å². The van der Waals surface area contributed by atoms with Crippen molar-refractivity contribution in [3.63, 3.8) is 0 Å². The summed E-state index contributed by atoms with van der Waals surface area (Å²) in [5.41, 5.74) is 3.55. The van der Waals surface area contributed by atoms with Gasteiger partial charge in [-0.1, -0.05) is 39.8 Å². The van der Waals surface area contributed by atoms with E-state index in [1.165, 1.54) is 24.0 Å². The lowest BCUT2D eigenvalue weighted by atomic mass is 9.87. The van der Waals surface area contributed by atoms with E-state index < -0.39 is 0 Å². The summed E-state index contributed by atoms with van der Waals surface area (Å²) in [5, 5.41) is 14.2. The van der Waals surface area contributed by atoms with Crippen LogP contribution in [0.15, 0.2) is 12.1 Å². The first kappa shape index (κ1) is 14.4. The van der Waals surface area contributed by atoms with Crippen LogP contribution < -0.4 is 5.32 Å². The maximum atomic E-state index is 10.6. The summed E-state index contributed by atoms with van der Waals surface area (Å²) in [4.78, 5) is 0. The summed E-state index contributed by atoms with van der Waals surface area (Å²) in [6, 6.07) is 4.84. The van der Waals surface area contributed by atoms with Gasteiger partial charge in [0.05, 0.1) is 0 Å². The van der Waals surface area contributed by atoms with Gasteiger partial charge in [0.1, 0.15) is 5.75 Å². The highest BCUT2D eigenvalue weighted by Crippen LogP contribution is 2.35. The number of nitrogens with one attached hydrogen (secondary N) is 1. The van der Waals surface area contributed by atoms with E-state index in [9.17, 15) is 5.11 Å². The fourth-order valence-corrected chi connectivity index (χ4v) is 3.07. The van der Waals surface area contributed by atoms with Gasteiger partial charge in [0.15, 0.2) is 0 Å². The monoisotopic (exact) mass is 261 g/mol. The molecule has 1 aromatic carbocycles. The summed E-state index contributed by atoms with van der Waals surface area (Å²) < 4.78 is 0. The van der Waals surface area contributed by atoms with Gasteiger partial charge in [-0.3, -0.25) is 0 Å². The molecule has 1 aliphatic heterocycles. The average molecular weight is 261 g/mol. The topological polar surface area (TPSA) is 32.3 Å². The molecule has 2 N–H and O–H groups in total. The van der Waals surface area contributed by atoms with Crippen molar-refractivity contribution in [3.05, 3.63) is 28.8 Å². The first-order valence-corrected chi connectivity index (χ1v) is 7.58. The standard InChI is InChI=1S/C17H27NO/c1-11(2)14-7-8-15(12(3)4)17(19)16(14)10-13-6-5-9-18-13/h7-8,11-13,18-19H,5-6,9-10H2,1-4H3. The number of hydrogen-bond donors (Lipinski definition) is 2. The number of hydrogen-bond acceptors (Lipinski definition) is 2. The van der Waals surface area contributed by atoms with Crippen LogP contribution in [0.2, 0.25) is 0 Å². The second-order valence-corrected chi connectivity index (χ2v) is 6.38. The molecular weight excluding hydrogens is 234 g/mol.